The summed E-state index contributed by atoms with van der Waals surface area (Å²) in [5.74, 6) is 0.407. The van der Waals surface area contributed by atoms with Gasteiger partial charge in [-0.2, -0.15) is 0 Å². The summed E-state index contributed by atoms with van der Waals surface area (Å²) in [5, 5.41) is 12.3. The molecule has 0 unspecified atom stereocenters. The number of para-hydroxylation sites is 1. The normalized spacial score (nSPS) is 27.0. The molecule has 1 aliphatic heterocycles. The monoisotopic (exact) mass is 485 g/mol. The number of ether oxygens (including phenoxy) is 1. The predicted octanol–water partition coefficient (Wildman–Crippen LogP) is 4.07. The van der Waals surface area contributed by atoms with E-state index in [1.165, 1.54) is 0 Å². The zero-order chi connectivity index (χ0) is 21.4. The third kappa shape index (κ3) is 4.93. The van der Waals surface area contributed by atoms with Crippen molar-refractivity contribution in [3.05, 3.63) is 34.4 Å². The molecule has 1 aromatic rings. The van der Waals surface area contributed by atoms with Crippen molar-refractivity contribution in [3.63, 3.8) is 0 Å². The third-order valence-electron chi connectivity index (χ3n) is 6.68. The van der Waals surface area contributed by atoms with Gasteiger partial charge in [-0.15, -0.1) is 0 Å². The van der Waals surface area contributed by atoms with E-state index in [1.807, 2.05) is 12.1 Å². The number of carbonyl (C=O) groups excluding carboxylic acids is 1. The molecular formula is C21H31NO5SeSi. The van der Waals surface area contributed by atoms with Crippen LogP contribution >= 0.6 is 0 Å². The standard InChI is InChI=1S/C21H31NO5SeSi/c1-21(2,3)29(4,5)27-18-13-17-15(12-20(23)26-17)14(18)10-11-28-19-9-7-6-8-16(19)22(24)25/h6-9,14-15,17-18H,10-13H2,1-5H3/t14-,15+,17-,18+/m1/s1. The van der Waals surface area contributed by atoms with Crippen LogP contribution in [0.4, 0.5) is 5.69 Å². The van der Waals surface area contributed by atoms with Crippen molar-refractivity contribution in [1.82, 2.24) is 0 Å². The maximum atomic E-state index is 11.8. The Balaban J connectivity index is 1.70. The van der Waals surface area contributed by atoms with E-state index in [9.17, 15) is 14.9 Å². The van der Waals surface area contributed by atoms with Crippen LogP contribution in [0.1, 0.15) is 40.0 Å². The fourth-order valence-electron chi connectivity index (χ4n) is 4.08. The molecule has 1 heterocycles. The summed E-state index contributed by atoms with van der Waals surface area (Å²) in [6.07, 6.45) is 2.27. The third-order valence-corrected chi connectivity index (χ3v) is 13.5. The van der Waals surface area contributed by atoms with Gasteiger partial charge in [0.05, 0.1) is 0 Å². The number of nitro groups is 1. The van der Waals surface area contributed by atoms with Crippen LogP contribution in [0.25, 0.3) is 0 Å². The number of esters is 1. The first-order valence-corrected chi connectivity index (χ1v) is 15.2. The van der Waals surface area contributed by atoms with Crippen molar-refractivity contribution >= 4 is 39.4 Å². The van der Waals surface area contributed by atoms with Gasteiger partial charge in [0.25, 0.3) is 0 Å². The number of benzene rings is 1. The summed E-state index contributed by atoms with van der Waals surface area (Å²) < 4.78 is 13.2. The Morgan fingerprint density at radius 1 is 1.31 bits per heavy atom. The number of nitrogens with zero attached hydrogens (tertiary/aromatic N) is 1. The molecule has 2 aliphatic rings. The Morgan fingerprint density at radius 3 is 2.66 bits per heavy atom. The van der Waals surface area contributed by atoms with Gasteiger partial charge in [0, 0.05) is 0 Å². The van der Waals surface area contributed by atoms with Gasteiger partial charge >= 0.3 is 180 Å². The van der Waals surface area contributed by atoms with E-state index >= 15 is 0 Å². The van der Waals surface area contributed by atoms with E-state index in [4.69, 9.17) is 9.16 Å². The minimum absolute atomic E-state index is 0.0206. The van der Waals surface area contributed by atoms with Gasteiger partial charge in [-0.1, -0.05) is 0 Å². The number of hydrogen-bond donors (Lipinski definition) is 0. The first-order valence-electron chi connectivity index (χ1n) is 10.2. The molecule has 3 rings (SSSR count). The molecule has 0 amide bonds. The van der Waals surface area contributed by atoms with Crippen LogP contribution in [0.5, 0.6) is 0 Å². The fourth-order valence-corrected chi connectivity index (χ4v) is 7.72. The summed E-state index contributed by atoms with van der Waals surface area (Å²) in [5.41, 5.74) is 0.213. The van der Waals surface area contributed by atoms with E-state index in [0.29, 0.717) is 6.42 Å². The molecule has 0 N–H and O–H groups in total. The van der Waals surface area contributed by atoms with Crippen molar-refractivity contribution in [2.45, 2.75) is 75.7 Å². The van der Waals surface area contributed by atoms with E-state index in [2.05, 4.69) is 33.9 Å². The maximum absolute atomic E-state index is 11.8. The molecule has 160 valence electrons. The molecule has 8 heteroatoms. The Morgan fingerprint density at radius 2 is 2.00 bits per heavy atom. The summed E-state index contributed by atoms with van der Waals surface area (Å²) in [6.45, 7) is 11.2. The van der Waals surface area contributed by atoms with Crippen LogP contribution in [0.15, 0.2) is 24.3 Å². The van der Waals surface area contributed by atoms with Gasteiger partial charge in [-0.25, -0.2) is 0 Å². The van der Waals surface area contributed by atoms with Crippen molar-refractivity contribution < 1.29 is 18.9 Å². The predicted molar refractivity (Wildman–Crippen MR) is 116 cm³/mol. The second-order valence-corrected chi connectivity index (χ2v) is 16.7. The topological polar surface area (TPSA) is 78.7 Å². The fraction of sp³-hybridized carbons (Fsp3) is 0.667. The van der Waals surface area contributed by atoms with Crippen LogP contribution in [0, 0.1) is 22.0 Å². The van der Waals surface area contributed by atoms with E-state index in [1.54, 1.807) is 12.1 Å². The molecule has 4 atom stereocenters. The van der Waals surface area contributed by atoms with E-state index < -0.39 is 8.32 Å². The Hall–Kier alpha value is -1.21. The molecule has 0 bridgehead atoms. The molecule has 1 saturated carbocycles. The van der Waals surface area contributed by atoms with Crippen LogP contribution in [0.2, 0.25) is 23.5 Å². The minimum atomic E-state index is -1.93. The number of nitro benzene ring substituents is 1. The summed E-state index contributed by atoms with van der Waals surface area (Å²) in [6, 6.07) is 7.02. The SMILES string of the molecule is CC(C)(C)[Si](C)(C)O[C@H]1C[C@H]2OC(=O)C[C@H]2[C@H]1CC[Se]c1ccccc1[N+](=O)[O-]. The molecule has 1 aromatic carbocycles. The number of carbonyl (C=O) groups is 1. The molecule has 1 saturated heterocycles. The van der Waals surface area contributed by atoms with Gasteiger partial charge < -0.3 is 0 Å². The second-order valence-electron chi connectivity index (χ2n) is 9.57. The van der Waals surface area contributed by atoms with Crippen LogP contribution < -0.4 is 4.46 Å². The van der Waals surface area contributed by atoms with Gasteiger partial charge in [-0.3, -0.25) is 0 Å². The van der Waals surface area contributed by atoms with E-state index in [-0.39, 0.29) is 60.6 Å². The molecule has 6 nitrogen and oxygen atoms in total. The molecular weight excluding hydrogens is 453 g/mol. The Labute approximate surface area is 180 Å². The summed E-state index contributed by atoms with van der Waals surface area (Å²) in [4.78, 5) is 22.8. The zero-order valence-electron chi connectivity index (χ0n) is 17.8. The van der Waals surface area contributed by atoms with Gasteiger partial charge in [0.1, 0.15) is 0 Å². The molecule has 0 aromatic heterocycles. The van der Waals surface area contributed by atoms with Crippen molar-refractivity contribution in [2.75, 3.05) is 0 Å². The van der Waals surface area contributed by atoms with Gasteiger partial charge in [0.15, 0.2) is 0 Å². The molecule has 2 fully saturated rings. The van der Waals surface area contributed by atoms with Gasteiger partial charge in [-0.05, 0) is 0 Å². The Bertz CT molecular complexity index is 779. The molecule has 1 aliphatic carbocycles. The summed E-state index contributed by atoms with van der Waals surface area (Å²) in [7, 11) is -1.93. The first kappa shape index (κ1) is 22.5. The van der Waals surface area contributed by atoms with Crippen molar-refractivity contribution in [1.29, 1.82) is 0 Å². The van der Waals surface area contributed by atoms with Gasteiger partial charge in [0.2, 0.25) is 0 Å². The van der Waals surface area contributed by atoms with E-state index in [0.717, 1.165) is 22.6 Å². The molecule has 0 spiro atoms. The van der Waals surface area contributed by atoms with Crippen LogP contribution in [-0.4, -0.2) is 46.4 Å². The summed E-state index contributed by atoms with van der Waals surface area (Å²) >= 11 is 0.0206. The quantitative estimate of drug-likeness (QED) is 0.252. The number of hydrogen-bond acceptors (Lipinski definition) is 5. The number of fused-ring (bicyclic) bond motifs is 1. The van der Waals surface area contributed by atoms with Crippen LogP contribution in [-0.2, 0) is 14.0 Å². The number of rotatable bonds is 7. The Kier molecular flexibility index (Phi) is 6.58. The average Bonchev–Trinajstić information content (AvgIpc) is 3.10. The second kappa shape index (κ2) is 8.50. The first-order chi connectivity index (χ1) is 13.5. The van der Waals surface area contributed by atoms with Crippen molar-refractivity contribution in [3.8, 4) is 0 Å². The average molecular weight is 485 g/mol. The zero-order valence-corrected chi connectivity index (χ0v) is 20.6. The van der Waals surface area contributed by atoms with Crippen LogP contribution in [0.3, 0.4) is 0 Å². The van der Waals surface area contributed by atoms with Crippen molar-refractivity contribution in [2.24, 2.45) is 11.8 Å². The molecule has 29 heavy (non-hydrogen) atoms. The molecule has 0 radical (unpaired) electrons.